The van der Waals surface area contributed by atoms with Gasteiger partial charge in [0, 0.05) is 32.6 Å². The van der Waals surface area contributed by atoms with Gasteiger partial charge in [-0.1, -0.05) is 20.8 Å². The molecule has 0 unspecified atom stereocenters. The van der Waals surface area contributed by atoms with Crippen LogP contribution in [0, 0.1) is 0 Å². The zero-order valence-corrected chi connectivity index (χ0v) is 13.5. The van der Waals surface area contributed by atoms with Crippen molar-refractivity contribution in [2.24, 2.45) is 0 Å². The Morgan fingerprint density at radius 2 is 1.37 bits per heavy atom. The number of carbonyl (C=O) groups is 1. The van der Waals surface area contributed by atoms with Gasteiger partial charge in [-0.25, -0.2) is 12.7 Å². The summed E-state index contributed by atoms with van der Waals surface area (Å²) in [4.78, 5) is 13.9. The van der Waals surface area contributed by atoms with Crippen LogP contribution >= 0.6 is 0 Å². The van der Waals surface area contributed by atoms with Gasteiger partial charge in [-0.05, 0) is 19.3 Å². The average Bonchev–Trinajstić information content (AvgIpc) is 2.32. The van der Waals surface area contributed by atoms with Crippen molar-refractivity contribution in [1.82, 2.24) is 9.21 Å². The Kier molecular flexibility index (Phi) is 9.01. The molecule has 6 heteroatoms. The fourth-order valence-electron chi connectivity index (χ4n) is 1.97. The Morgan fingerprint density at radius 1 is 0.895 bits per heavy atom. The Labute approximate surface area is 118 Å². The Hall–Kier alpha value is -0.620. The molecule has 1 amide bonds. The van der Waals surface area contributed by atoms with E-state index in [-0.39, 0.29) is 18.9 Å². The zero-order chi connectivity index (χ0) is 14.9. The molecule has 0 fully saturated rings. The fraction of sp³-hybridized carbons (Fsp3) is 0.923. The number of rotatable bonds is 10. The van der Waals surface area contributed by atoms with E-state index in [0.717, 1.165) is 32.4 Å². The number of hydrogen-bond acceptors (Lipinski definition) is 3. The van der Waals surface area contributed by atoms with Crippen molar-refractivity contribution in [3.05, 3.63) is 0 Å². The van der Waals surface area contributed by atoms with E-state index in [2.05, 4.69) is 0 Å². The van der Waals surface area contributed by atoms with Crippen LogP contribution in [0.2, 0.25) is 0 Å². The van der Waals surface area contributed by atoms with Crippen LogP contribution < -0.4 is 0 Å². The third kappa shape index (κ3) is 7.52. The topological polar surface area (TPSA) is 57.7 Å². The minimum Gasteiger partial charge on any atom is -0.343 e. The van der Waals surface area contributed by atoms with E-state index in [1.165, 1.54) is 10.6 Å². The molecular weight excluding hydrogens is 264 g/mol. The van der Waals surface area contributed by atoms with Crippen LogP contribution in [0.4, 0.5) is 0 Å². The van der Waals surface area contributed by atoms with Gasteiger partial charge in [-0.3, -0.25) is 4.79 Å². The van der Waals surface area contributed by atoms with E-state index >= 15 is 0 Å². The summed E-state index contributed by atoms with van der Waals surface area (Å²) in [6.07, 6.45) is 4.08. The molecule has 0 radical (unpaired) electrons. The van der Waals surface area contributed by atoms with E-state index in [1.54, 1.807) is 0 Å². The van der Waals surface area contributed by atoms with Gasteiger partial charge < -0.3 is 4.90 Å². The second-order valence-electron chi connectivity index (χ2n) is 4.79. The number of nitrogens with zero attached hydrogens (tertiary/aromatic N) is 2. The lowest BCUT2D eigenvalue weighted by Gasteiger charge is -2.24. The van der Waals surface area contributed by atoms with E-state index in [4.69, 9.17) is 0 Å². The molecule has 0 aromatic carbocycles. The molecule has 0 aliphatic rings. The first-order chi connectivity index (χ1) is 8.86. The summed E-state index contributed by atoms with van der Waals surface area (Å²) in [5.41, 5.74) is 0. The Bertz CT molecular complexity index is 349. The molecule has 19 heavy (non-hydrogen) atoms. The van der Waals surface area contributed by atoms with Crippen molar-refractivity contribution in [3.63, 3.8) is 0 Å². The van der Waals surface area contributed by atoms with Crippen molar-refractivity contribution in [3.8, 4) is 0 Å². The predicted octanol–water partition coefficient (Wildman–Crippen LogP) is 1.70. The van der Waals surface area contributed by atoms with E-state index in [1.807, 2.05) is 25.7 Å². The summed E-state index contributed by atoms with van der Waals surface area (Å²) in [6.45, 7) is 8.27. The lowest BCUT2D eigenvalue weighted by molar-refractivity contribution is -0.131. The van der Waals surface area contributed by atoms with Gasteiger partial charge in [0.05, 0.1) is 6.26 Å². The first-order valence-corrected chi connectivity index (χ1v) is 8.94. The number of amides is 1. The Morgan fingerprint density at radius 3 is 1.74 bits per heavy atom. The highest BCUT2D eigenvalue weighted by molar-refractivity contribution is 7.88. The van der Waals surface area contributed by atoms with E-state index in [9.17, 15) is 13.2 Å². The molecule has 0 atom stereocenters. The minimum absolute atomic E-state index is 0.0495. The summed E-state index contributed by atoms with van der Waals surface area (Å²) >= 11 is 0. The van der Waals surface area contributed by atoms with Gasteiger partial charge in [0.2, 0.25) is 15.9 Å². The van der Waals surface area contributed by atoms with Crippen LogP contribution in [0.15, 0.2) is 0 Å². The first kappa shape index (κ1) is 18.4. The monoisotopic (exact) mass is 292 g/mol. The van der Waals surface area contributed by atoms with Crippen molar-refractivity contribution in [1.29, 1.82) is 0 Å². The Balaban J connectivity index is 4.45. The smallest absolute Gasteiger partial charge is 0.223 e. The predicted molar refractivity (Wildman–Crippen MR) is 78.5 cm³/mol. The third-order valence-electron chi connectivity index (χ3n) is 2.86. The second-order valence-corrected chi connectivity index (χ2v) is 6.78. The minimum atomic E-state index is -3.21. The third-order valence-corrected chi connectivity index (χ3v) is 4.16. The molecule has 0 aliphatic heterocycles. The number of carbonyl (C=O) groups excluding carboxylic acids is 1. The summed E-state index contributed by atoms with van der Waals surface area (Å²) in [7, 11) is -3.21. The second kappa shape index (κ2) is 9.31. The normalized spacial score (nSPS) is 11.8. The maximum absolute atomic E-state index is 12.1. The van der Waals surface area contributed by atoms with Gasteiger partial charge in [-0.15, -0.1) is 0 Å². The molecule has 5 nitrogen and oxygen atoms in total. The van der Waals surface area contributed by atoms with Gasteiger partial charge in [0.15, 0.2) is 0 Å². The number of sulfonamides is 1. The fourth-order valence-corrected chi connectivity index (χ4v) is 2.91. The highest BCUT2D eigenvalue weighted by atomic mass is 32.2. The molecule has 0 heterocycles. The molecule has 114 valence electrons. The first-order valence-electron chi connectivity index (χ1n) is 7.09. The summed E-state index contributed by atoms with van der Waals surface area (Å²) < 4.78 is 24.5. The van der Waals surface area contributed by atoms with Gasteiger partial charge >= 0.3 is 0 Å². The molecule has 0 spiro atoms. The lowest BCUT2D eigenvalue weighted by atomic mass is 10.3. The molecule has 0 bridgehead atoms. The molecule has 0 aromatic heterocycles. The van der Waals surface area contributed by atoms with Crippen molar-refractivity contribution in [2.75, 3.05) is 32.4 Å². The molecule has 0 N–H and O–H groups in total. The summed E-state index contributed by atoms with van der Waals surface area (Å²) in [5.74, 6) is 0.0495. The van der Waals surface area contributed by atoms with Gasteiger partial charge in [0.25, 0.3) is 0 Å². The molecule has 0 saturated heterocycles. The quantitative estimate of drug-likeness (QED) is 0.616. The van der Waals surface area contributed by atoms with Crippen LogP contribution in [-0.4, -0.2) is 56.0 Å². The molecule has 0 aliphatic carbocycles. The van der Waals surface area contributed by atoms with Crippen molar-refractivity contribution in [2.45, 2.75) is 46.5 Å². The summed E-state index contributed by atoms with van der Waals surface area (Å²) in [6, 6.07) is 0. The zero-order valence-electron chi connectivity index (χ0n) is 12.7. The highest BCUT2D eigenvalue weighted by Gasteiger charge is 2.18. The van der Waals surface area contributed by atoms with Crippen LogP contribution in [0.25, 0.3) is 0 Å². The highest BCUT2D eigenvalue weighted by Crippen LogP contribution is 2.04. The molecular formula is C13H28N2O3S. The average molecular weight is 292 g/mol. The van der Waals surface area contributed by atoms with Gasteiger partial charge in [-0.2, -0.15) is 0 Å². The maximum Gasteiger partial charge on any atom is 0.223 e. The van der Waals surface area contributed by atoms with Gasteiger partial charge in [0.1, 0.15) is 0 Å². The number of hydrogen-bond donors (Lipinski definition) is 0. The lowest BCUT2D eigenvalue weighted by Crippen LogP contribution is -2.37. The standard InChI is InChI=1S/C13H28N2O3S/c1-5-9-14(10-6-2)13(16)8-12-15(11-7-3)19(4,17)18/h5-12H2,1-4H3. The van der Waals surface area contributed by atoms with Crippen molar-refractivity contribution >= 4 is 15.9 Å². The van der Waals surface area contributed by atoms with Crippen LogP contribution in [0.1, 0.15) is 46.5 Å². The largest absolute Gasteiger partial charge is 0.343 e. The molecule has 0 aromatic rings. The summed E-state index contributed by atoms with van der Waals surface area (Å²) in [5, 5.41) is 0. The SMILES string of the molecule is CCCN(CCC)C(=O)CCN(CCC)S(C)(=O)=O. The van der Waals surface area contributed by atoms with Crippen LogP contribution in [0.3, 0.4) is 0 Å². The van der Waals surface area contributed by atoms with Crippen LogP contribution in [0.5, 0.6) is 0 Å². The maximum atomic E-state index is 12.1. The van der Waals surface area contributed by atoms with E-state index < -0.39 is 10.0 Å². The molecule has 0 rings (SSSR count). The van der Waals surface area contributed by atoms with E-state index in [0.29, 0.717) is 6.54 Å². The van der Waals surface area contributed by atoms with Crippen molar-refractivity contribution < 1.29 is 13.2 Å². The van der Waals surface area contributed by atoms with Crippen LogP contribution in [-0.2, 0) is 14.8 Å². The molecule has 0 saturated carbocycles.